The average Bonchev–Trinajstić information content (AvgIpc) is 2.43. The van der Waals surface area contributed by atoms with Gasteiger partial charge in [0.15, 0.2) is 0 Å². The molecule has 0 aromatic heterocycles. The number of carbonyl (C=O) groups is 1. The predicted molar refractivity (Wildman–Crippen MR) is 36.8 cm³/mol. The SMILES string of the molecule is Cl.O=C1CNC2CC2C1. The summed E-state index contributed by atoms with van der Waals surface area (Å²) in [4.78, 5) is 10.6. The van der Waals surface area contributed by atoms with Crippen LogP contribution in [0.3, 0.4) is 0 Å². The molecule has 0 amide bonds. The molecule has 3 heteroatoms. The first-order valence-corrected chi connectivity index (χ1v) is 3.11. The molecule has 52 valence electrons. The molecule has 2 fully saturated rings. The van der Waals surface area contributed by atoms with Crippen LogP contribution in [0.25, 0.3) is 0 Å². The van der Waals surface area contributed by atoms with E-state index >= 15 is 0 Å². The molecule has 0 radical (unpaired) electrons. The number of hydrogen-bond acceptors (Lipinski definition) is 2. The third-order valence-corrected chi connectivity index (χ3v) is 1.97. The quantitative estimate of drug-likeness (QED) is 0.536. The van der Waals surface area contributed by atoms with Gasteiger partial charge in [-0.2, -0.15) is 0 Å². The number of fused-ring (bicyclic) bond motifs is 1. The zero-order valence-electron chi connectivity index (χ0n) is 5.09. The van der Waals surface area contributed by atoms with Crippen molar-refractivity contribution in [3.05, 3.63) is 0 Å². The Labute approximate surface area is 60.4 Å². The Hall–Kier alpha value is -0.0800. The monoisotopic (exact) mass is 147 g/mol. The van der Waals surface area contributed by atoms with Gasteiger partial charge in [-0.1, -0.05) is 0 Å². The Bertz CT molecular complexity index is 137. The van der Waals surface area contributed by atoms with Gasteiger partial charge in [0.2, 0.25) is 0 Å². The molecule has 1 aliphatic carbocycles. The van der Waals surface area contributed by atoms with Crippen molar-refractivity contribution in [1.29, 1.82) is 0 Å². The van der Waals surface area contributed by atoms with Crippen LogP contribution in [0.5, 0.6) is 0 Å². The number of carbonyl (C=O) groups excluding carboxylic acids is 1. The van der Waals surface area contributed by atoms with Crippen LogP contribution in [0.1, 0.15) is 12.8 Å². The summed E-state index contributed by atoms with van der Waals surface area (Å²) >= 11 is 0. The molecule has 2 rings (SSSR count). The van der Waals surface area contributed by atoms with Gasteiger partial charge < -0.3 is 5.32 Å². The molecule has 9 heavy (non-hydrogen) atoms. The van der Waals surface area contributed by atoms with E-state index in [1.165, 1.54) is 6.42 Å². The predicted octanol–water partition coefficient (Wildman–Crippen LogP) is 0.359. The molecule has 0 aromatic rings. The molecule has 0 bridgehead atoms. The van der Waals surface area contributed by atoms with Crippen molar-refractivity contribution in [2.24, 2.45) is 5.92 Å². The lowest BCUT2D eigenvalue weighted by atomic mass is 10.1. The van der Waals surface area contributed by atoms with E-state index in [2.05, 4.69) is 5.32 Å². The van der Waals surface area contributed by atoms with Gasteiger partial charge in [0, 0.05) is 12.5 Å². The average molecular weight is 148 g/mol. The third kappa shape index (κ3) is 1.25. The molecule has 1 N–H and O–H groups in total. The summed E-state index contributed by atoms with van der Waals surface area (Å²) in [6, 6.07) is 0.715. The van der Waals surface area contributed by atoms with E-state index in [0.717, 1.165) is 12.3 Å². The molecular weight excluding hydrogens is 138 g/mol. The van der Waals surface area contributed by atoms with Gasteiger partial charge in [0.1, 0.15) is 5.78 Å². The van der Waals surface area contributed by atoms with Crippen molar-refractivity contribution in [3.63, 3.8) is 0 Å². The van der Waals surface area contributed by atoms with Gasteiger partial charge in [-0.25, -0.2) is 0 Å². The van der Waals surface area contributed by atoms with E-state index in [0.29, 0.717) is 18.4 Å². The van der Waals surface area contributed by atoms with Crippen LogP contribution in [0, 0.1) is 5.92 Å². The van der Waals surface area contributed by atoms with Crippen LogP contribution < -0.4 is 5.32 Å². The number of hydrogen-bond donors (Lipinski definition) is 1. The van der Waals surface area contributed by atoms with Crippen LogP contribution in [0.15, 0.2) is 0 Å². The Morgan fingerprint density at radius 2 is 2.33 bits per heavy atom. The molecule has 1 heterocycles. The van der Waals surface area contributed by atoms with Crippen molar-refractivity contribution >= 4 is 18.2 Å². The lowest BCUT2D eigenvalue weighted by Gasteiger charge is -2.07. The summed E-state index contributed by atoms with van der Waals surface area (Å²) in [5.74, 6) is 1.11. The minimum Gasteiger partial charge on any atom is -0.307 e. The largest absolute Gasteiger partial charge is 0.307 e. The molecule has 2 nitrogen and oxygen atoms in total. The number of piperidine rings is 1. The fraction of sp³-hybridized carbons (Fsp3) is 0.833. The van der Waals surface area contributed by atoms with E-state index in [-0.39, 0.29) is 12.4 Å². The van der Waals surface area contributed by atoms with E-state index in [1.807, 2.05) is 0 Å². The standard InChI is InChI=1S/C6H9NO.ClH/c8-5-1-4-2-6(4)7-3-5;/h4,6-7H,1-3H2;1H. The molecular formula is C6H10ClNO. The topological polar surface area (TPSA) is 29.1 Å². The second-order valence-electron chi connectivity index (χ2n) is 2.73. The number of rotatable bonds is 0. The molecule has 2 atom stereocenters. The Morgan fingerprint density at radius 1 is 1.56 bits per heavy atom. The molecule has 1 aliphatic heterocycles. The normalized spacial score (nSPS) is 38.9. The fourth-order valence-electron chi connectivity index (χ4n) is 1.33. The maximum absolute atomic E-state index is 10.6. The summed E-state index contributed by atoms with van der Waals surface area (Å²) in [6.45, 7) is 0.626. The van der Waals surface area contributed by atoms with Gasteiger partial charge in [-0.3, -0.25) is 4.79 Å². The molecule has 2 aliphatic rings. The maximum atomic E-state index is 10.6. The maximum Gasteiger partial charge on any atom is 0.146 e. The lowest BCUT2D eigenvalue weighted by molar-refractivity contribution is -0.119. The number of ketones is 1. The highest BCUT2D eigenvalue weighted by Gasteiger charge is 2.41. The van der Waals surface area contributed by atoms with Crippen LogP contribution in [-0.2, 0) is 4.79 Å². The van der Waals surface area contributed by atoms with E-state index in [9.17, 15) is 4.79 Å². The Balaban J connectivity index is 0.000000405. The van der Waals surface area contributed by atoms with Gasteiger partial charge in [-0.15, -0.1) is 12.4 Å². The second-order valence-corrected chi connectivity index (χ2v) is 2.73. The highest BCUT2D eigenvalue weighted by molar-refractivity contribution is 5.85. The highest BCUT2D eigenvalue weighted by atomic mass is 35.5. The van der Waals surface area contributed by atoms with Gasteiger partial charge in [0.05, 0.1) is 6.54 Å². The van der Waals surface area contributed by atoms with Crippen molar-refractivity contribution in [2.45, 2.75) is 18.9 Å². The van der Waals surface area contributed by atoms with Crippen molar-refractivity contribution in [1.82, 2.24) is 5.32 Å². The zero-order chi connectivity index (χ0) is 5.56. The summed E-state index contributed by atoms with van der Waals surface area (Å²) in [6.07, 6.45) is 2.09. The minimum atomic E-state index is 0. The lowest BCUT2D eigenvalue weighted by Crippen LogP contribution is -2.31. The molecule has 0 spiro atoms. The van der Waals surface area contributed by atoms with Crippen LogP contribution in [0.4, 0.5) is 0 Å². The summed E-state index contributed by atoms with van der Waals surface area (Å²) in [5.41, 5.74) is 0. The first kappa shape index (κ1) is 7.03. The molecule has 2 unspecified atom stereocenters. The second kappa shape index (κ2) is 2.27. The van der Waals surface area contributed by atoms with Crippen LogP contribution in [0.2, 0.25) is 0 Å². The fourth-order valence-corrected chi connectivity index (χ4v) is 1.33. The van der Waals surface area contributed by atoms with Gasteiger partial charge in [0.25, 0.3) is 0 Å². The van der Waals surface area contributed by atoms with Crippen LogP contribution >= 0.6 is 12.4 Å². The summed E-state index contributed by atoms with van der Waals surface area (Å²) in [5, 5.41) is 3.16. The smallest absolute Gasteiger partial charge is 0.146 e. The van der Waals surface area contributed by atoms with E-state index in [4.69, 9.17) is 0 Å². The first-order valence-electron chi connectivity index (χ1n) is 3.11. The van der Waals surface area contributed by atoms with Crippen molar-refractivity contribution < 1.29 is 4.79 Å². The minimum absolute atomic E-state index is 0. The van der Waals surface area contributed by atoms with Crippen molar-refractivity contribution in [3.8, 4) is 0 Å². The highest BCUT2D eigenvalue weighted by Crippen LogP contribution is 2.35. The zero-order valence-corrected chi connectivity index (χ0v) is 5.91. The van der Waals surface area contributed by atoms with Crippen molar-refractivity contribution in [2.75, 3.05) is 6.54 Å². The first-order chi connectivity index (χ1) is 3.86. The van der Waals surface area contributed by atoms with Gasteiger partial charge in [-0.05, 0) is 12.3 Å². The van der Waals surface area contributed by atoms with Gasteiger partial charge >= 0.3 is 0 Å². The molecule has 1 saturated carbocycles. The molecule has 1 saturated heterocycles. The third-order valence-electron chi connectivity index (χ3n) is 1.97. The van der Waals surface area contributed by atoms with Crippen LogP contribution in [-0.4, -0.2) is 18.4 Å². The number of Topliss-reactive ketones (excluding diaryl/α,β-unsaturated/α-hetero) is 1. The molecule has 0 aromatic carbocycles. The summed E-state index contributed by atoms with van der Waals surface area (Å²) < 4.78 is 0. The number of nitrogens with one attached hydrogen (secondary N) is 1. The Kier molecular flexibility index (Phi) is 1.78. The van der Waals surface area contributed by atoms with E-state index in [1.54, 1.807) is 0 Å². The number of halogens is 1. The Morgan fingerprint density at radius 3 is 2.89 bits per heavy atom. The van der Waals surface area contributed by atoms with E-state index < -0.39 is 0 Å². The summed E-state index contributed by atoms with van der Waals surface area (Å²) in [7, 11) is 0.